The third kappa shape index (κ3) is 4.04. The zero-order valence-electron chi connectivity index (χ0n) is 11.7. The van der Waals surface area contributed by atoms with E-state index in [1.165, 1.54) is 23.5 Å². The van der Waals surface area contributed by atoms with E-state index in [0.717, 1.165) is 34.5 Å². The molecule has 2 rings (SSSR count). The lowest BCUT2D eigenvalue weighted by atomic mass is 10.1. The average Bonchev–Trinajstić information content (AvgIpc) is 2.80. The van der Waals surface area contributed by atoms with E-state index in [4.69, 9.17) is 5.73 Å². The number of hydrogen-bond donors (Lipinski definition) is 1. The average molecular weight is 314 g/mol. The fourth-order valence-corrected chi connectivity index (χ4v) is 3.16. The Morgan fingerprint density at radius 1 is 1.29 bits per heavy atom. The predicted octanol–water partition coefficient (Wildman–Crippen LogP) is 4.16. The molecule has 2 nitrogen and oxygen atoms in total. The van der Waals surface area contributed by atoms with Crippen molar-refractivity contribution in [3.63, 3.8) is 0 Å². The van der Waals surface area contributed by atoms with Gasteiger partial charge in [-0.2, -0.15) is 13.2 Å². The van der Waals surface area contributed by atoms with Crippen LogP contribution in [0.3, 0.4) is 0 Å². The van der Waals surface area contributed by atoms with Gasteiger partial charge in [0.15, 0.2) is 0 Å². The molecule has 0 atom stereocenters. The summed E-state index contributed by atoms with van der Waals surface area (Å²) in [5, 5.41) is 0.818. The van der Waals surface area contributed by atoms with Crippen molar-refractivity contribution in [2.24, 2.45) is 5.73 Å². The van der Waals surface area contributed by atoms with Crippen molar-refractivity contribution in [2.75, 3.05) is 0 Å². The third-order valence-electron chi connectivity index (χ3n) is 3.10. The van der Waals surface area contributed by atoms with E-state index in [1.54, 1.807) is 6.07 Å². The van der Waals surface area contributed by atoms with Crippen LogP contribution in [0.15, 0.2) is 24.3 Å². The first-order valence-electron chi connectivity index (χ1n) is 6.77. The van der Waals surface area contributed by atoms with Crippen molar-refractivity contribution < 1.29 is 13.2 Å². The molecular weight excluding hydrogens is 297 g/mol. The summed E-state index contributed by atoms with van der Waals surface area (Å²) in [6, 6.07) is 5.39. The van der Waals surface area contributed by atoms with Gasteiger partial charge in [0, 0.05) is 17.8 Å². The maximum atomic E-state index is 12.7. The SMILES string of the molecule is CCCc1nc(Cc2cccc(C(F)(F)F)c2)sc1CN. The number of aromatic nitrogens is 1. The Bertz CT molecular complexity index is 605. The van der Waals surface area contributed by atoms with Gasteiger partial charge in [-0.3, -0.25) is 0 Å². The molecule has 0 aliphatic rings. The molecule has 0 radical (unpaired) electrons. The van der Waals surface area contributed by atoms with Crippen LogP contribution in [-0.2, 0) is 25.6 Å². The van der Waals surface area contributed by atoms with E-state index >= 15 is 0 Å². The maximum absolute atomic E-state index is 12.7. The second-order valence-electron chi connectivity index (χ2n) is 4.81. The monoisotopic (exact) mass is 314 g/mol. The molecule has 0 fully saturated rings. The molecule has 2 N–H and O–H groups in total. The summed E-state index contributed by atoms with van der Waals surface area (Å²) in [7, 11) is 0. The summed E-state index contributed by atoms with van der Waals surface area (Å²) in [4.78, 5) is 5.54. The minimum absolute atomic E-state index is 0.408. The second kappa shape index (κ2) is 6.58. The molecule has 6 heteroatoms. The first kappa shape index (κ1) is 16.0. The normalized spacial score (nSPS) is 11.9. The molecule has 114 valence electrons. The molecule has 1 aromatic carbocycles. The summed E-state index contributed by atoms with van der Waals surface area (Å²) < 4.78 is 38.1. The Labute approximate surface area is 125 Å². The highest BCUT2D eigenvalue weighted by Crippen LogP contribution is 2.30. The number of benzene rings is 1. The highest BCUT2D eigenvalue weighted by atomic mass is 32.1. The number of nitrogens with two attached hydrogens (primary N) is 1. The van der Waals surface area contributed by atoms with Crippen molar-refractivity contribution in [3.8, 4) is 0 Å². The predicted molar refractivity (Wildman–Crippen MR) is 78.3 cm³/mol. The minimum atomic E-state index is -4.31. The van der Waals surface area contributed by atoms with Crippen molar-refractivity contribution in [1.82, 2.24) is 4.98 Å². The Balaban J connectivity index is 2.22. The molecule has 0 saturated heterocycles. The molecule has 21 heavy (non-hydrogen) atoms. The molecule has 0 saturated carbocycles. The van der Waals surface area contributed by atoms with E-state index < -0.39 is 11.7 Å². The van der Waals surface area contributed by atoms with Gasteiger partial charge < -0.3 is 5.73 Å². The molecule has 0 bridgehead atoms. The van der Waals surface area contributed by atoms with E-state index in [-0.39, 0.29) is 0 Å². The first-order valence-corrected chi connectivity index (χ1v) is 7.59. The lowest BCUT2D eigenvalue weighted by molar-refractivity contribution is -0.137. The lowest BCUT2D eigenvalue weighted by Gasteiger charge is -2.07. The van der Waals surface area contributed by atoms with E-state index in [2.05, 4.69) is 11.9 Å². The van der Waals surface area contributed by atoms with Gasteiger partial charge in [0.05, 0.1) is 16.3 Å². The number of thiazole rings is 1. The quantitative estimate of drug-likeness (QED) is 0.900. The minimum Gasteiger partial charge on any atom is -0.326 e. The van der Waals surface area contributed by atoms with Gasteiger partial charge in [-0.25, -0.2) is 4.98 Å². The standard InChI is InChI=1S/C15H17F3N2S/c1-2-4-12-13(9-19)21-14(20-12)8-10-5-3-6-11(7-10)15(16,17)18/h3,5-7H,2,4,8-9,19H2,1H3. The first-order chi connectivity index (χ1) is 9.94. The van der Waals surface area contributed by atoms with Crippen molar-refractivity contribution in [2.45, 2.75) is 38.9 Å². The van der Waals surface area contributed by atoms with Gasteiger partial charge >= 0.3 is 6.18 Å². The Hall–Kier alpha value is -1.40. The molecule has 0 unspecified atom stereocenters. The zero-order chi connectivity index (χ0) is 15.5. The summed E-state index contributed by atoms with van der Waals surface area (Å²) >= 11 is 1.49. The second-order valence-corrected chi connectivity index (χ2v) is 5.97. The van der Waals surface area contributed by atoms with E-state index in [9.17, 15) is 13.2 Å². The Morgan fingerprint density at radius 3 is 2.67 bits per heavy atom. The molecule has 0 aliphatic carbocycles. The fraction of sp³-hybridized carbons (Fsp3) is 0.400. The van der Waals surface area contributed by atoms with Gasteiger partial charge in [0.25, 0.3) is 0 Å². The van der Waals surface area contributed by atoms with Gasteiger partial charge in [-0.15, -0.1) is 11.3 Å². The third-order valence-corrected chi connectivity index (χ3v) is 4.22. The number of nitrogens with zero attached hydrogens (tertiary/aromatic N) is 1. The van der Waals surface area contributed by atoms with Crippen LogP contribution in [0.2, 0.25) is 0 Å². The van der Waals surface area contributed by atoms with E-state index in [1.807, 2.05) is 0 Å². The van der Waals surface area contributed by atoms with Crippen molar-refractivity contribution >= 4 is 11.3 Å². The molecular formula is C15H17F3N2S. The van der Waals surface area contributed by atoms with Gasteiger partial charge in [0.2, 0.25) is 0 Å². The largest absolute Gasteiger partial charge is 0.416 e. The van der Waals surface area contributed by atoms with Gasteiger partial charge in [-0.05, 0) is 18.1 Å². The van der Waals surface area contributed by atoms with Crippen LogP contribution in [0.4, 0.5) is 13.2 Å². The van der Waals surface area contributed by atoms with Crippen LogP contribution in [0, 0.1) is 0 Å². The van der Waals surface area contributed by atoms with Crippen molar-refractivity contribution in [3.05, 3.63) is 51.0 Å². The highest BCUT2D eigenvalue weighted by Gasteiger charge is 2.30. The van der Waals surface area contributed by atoms with Crippen LogP contribution in [-0.4, -0.2) is 4.98 Å². The highest BCUT2D eigenvalue weighted by molar-refractivity contribution is 7.11. The van der Waals surface area contributed by atoms with Crippen LogP contribution < -0.4 is 5.73 Å². The molecule has 0 amide bonds. The maximum Gasteiger partial charge on any atom is 0.416 e. The molecule has 2 aromatic rings. The summed E-state index contributed by atoms with van der Waals surface area (Å²) in [5.74, 6) is 0. The topological polar surface area (TPSA) is 38.9 Å². The van der Waals surface area contributed by atoms with Crippen LogP contribution in [0.5, 0.6) is 0 Å². The zero-order valence-corrected chi connectivity index (χ0v) is 12.5. The van der Waals surface area contributed by atoms with Gasteiger partial charge in [0.1, 0.15) is 0 Å². The summed E-state index contributed by atoms with van der Waals surface area (Å²) in [5.41, 5.74) is 6.66. The van der Waals surface area contributed by atoms with Crippen LogP contribution in [0.25, 0.3) is 0 Å². The number of aryl methyl sites for hydroxylation is 1. The van der Waals surface area contributed by atoms with Crippen LogP contribution >= 0.6 is 11.3 Å². The molecule has 0 aliphatic heterocycles. The summed E-state index contributed by atoms with van der Waals surface area (Å²) in [6.07, 6.45) is -2.08. The fourth-order valence-electron chi connectivity index (χ4n) is 2.14. The Morgan fingerprint density at radius 2 is 2.05 bits per heavy atom. The van der Waals surface area contributed by atoms with Crippen LogP contribution in [0.1, 0.15) is 40.1 Å². The lowest BCUT2D eigenvalue weighted by Crippen LogP contribution is -2.05. The van der Waals surface area contributed by atoms with Crippen molar-refractivity contribution in [1.29, 1.82) is 0 Å². The number of hydrogen-bond acceptors (Lipinski definition) is 3. The molecule has 1 aromatic heterocycles. The van der Waals surface area contributed by atoms with E-state index in [0.29, 0.717) is 18.5 Å². The molecule has 1 heterocycles. The number of rotatable bonds is 5. The number of halogens is 3. The Kier molecular flexibility index (Phi) is 5.00. The smallest absolute Gasteiger partial charge is 0.326 e. The summed E-state index contributed by atoms with van der Waals surface area (Å²) in [6.45, 7) is 2.49. The number of alkyl halides is 3. The molecule has 0 spiro atoms. The van der Waals surface area contributed by atoms with Gasteiger partial charge in [-0.1, -0.05) is 31.5 Å².